The summed E-state index contributed by atoms with van der Waals surface area (Å²) in [5, 5.41) is 2.96. The zero-order chi connectivity index (χ0) is 13.7. The molecule has 1 N–H and O–H groups in total. The van der Waals surface area contributed by atoms with E-state index in [1.807, 2.05) is 17.9 Å². The van der Waals surface area contributed by atoms with Crippen molar-refractivity contribution in [2.75, 3.05) is 32.1 Å². The lowest BCUT2D eigenvalue weighted by Crippen LogP contribution is -2.41. The van der Waals surface area contributed by atoms with E-state index in [1.165, 1.54) is 0 Å². The summed E-state index contributed by atoms with van der Waals surface area (Å²) in [5.41, 5.74) is 0.639. The summed E-state index contributed by atoms with van der Waals surface area (Å²) >= 11 is 0. The van der Waals surface area contributed by atoms with Crippen LogP contribution in [0.5, 0.6) is 0 Å². The predicted octanol–water partition coefficient (Wildman–Crippen LogP) is 1.76. The lowest BCUT2D eigenvalue weighted by atomic mass is 10.1. The molecule has 1 saturated heterocycles. The maximum absolute atomic E-state index is 12.4. The monoisotopic (exact) mass is 263 g/mol. The summed E-state index contributed by atoms with van der Waals surface area (Å²) in [4.78, 5) is 18.5. The predicted molar refractivity (Wildman–Crippen MR) is 74.3 cm³/mol. The molecule has 0 radical (unpaired) electrons. The minimum atomic E-state index is 0.0485. The Balaban J connectivity index is 2.01. The molecule has 0 aliphatic carbocycles. The quantitative estimate of drug-likeness (QED) is 0.899. The van der Waals surface area contributed by atoms with Crippen molar-refractivity contribution >= 4 is 11.7 Å². The number of piperidine rings is 1. The van der Waals surface area contributed by atoms with E-state index in [1.54, 1.807) is 19.3 Å². The highest BCUT2D eigenvalue weighted by Crippen LogP contribution is 2.19. The number of carbonyl (C=O) groups is 1. The average Bonchev–Trinajstić information content (AvgIpc) is 2.47. The summed E-state index contributed by atoms with van der Waals surface area (Å²) in [5.74, 6) is 0.687. The van der Waals surface area contributed by atoms with Gasteiger partial charge >= 0.3 is 0 Å². The first-order valence-corrected chi connectivity index (χ1v) is 6.80. The van der Waals surface area contributed by atoms with E-state index in [4.69, 9.17) is 4.74 Å². The normalized spacial score (nSPS) is 16.4. The first kappa shape index (κ1) is 13.8. The van der Waals surface area contributed by atoms with Crippen molar-refractivity contribution in [3.8, 4) is 0 Å². The molecule has 0 atom stereocenters. The van der Waals surface area contributed by atoms with Crippen LogP contribution < -0.4 is 5.32 Å². The van der Waals surface area contributed by atoms with Gasteiger partial charge in [0.25, 0.3) is 5.91 Å². The molecule has 1 amide bonds. The van der Waals surface area contributed by atoms with E-state index in [-0.39, 0.29) is 5.91 Å². The number of anilines is 1. The third-order valence-corrected chi connectivity index (χ3v) is 3.41. The lowest BCUT2D eigenvalue weighted by molar-refractivity contribution is 0.0146. The summed E-state index contributed by atoms with van der Waals surface area (Å²) in [6.07, 6.45) is 3.81. The third-order valence-electron chi connectivity index (χ3n) is 3.41. The molecule has 2 heterocycles. The molecule has 1 aliphatic rings. The Morgan fingerprint density at radius 3 is 2.89 bits per heavy atom. The van der Waals surface area contributed by atoms with Crippen LogP contribution in [-0.4, -0.2) is 48.6 Å². The number of carbonyl (C=O) groups excluding carboxylic acids is 1. The van der Waals surface area contributed by atoms with E-state index < -0.39 is 0 Å². The van der Waals surface area contributed by atoms with Crippen molar-refractivity contribution in [2.45, 2.75) is 25.9 Å². The molecular weight excluding hydrogens is 242 g/mol. The van der Waals surface area contributed by atoms with Gasteiger partial charge in [-0.3, -0.25) is 4.79 Å². The molecule has 0 unspecified atom stereocenters. The van der Waals surface area contributed by atoms with Crippen molar-refractivity contribution in [1.82, 2.24) is 9.88 Å². The van der Waals surface area contributed by atoms with Crippen molar-refractivity contribution in [1.29, 1.82) is 0 Å². The number of nitrogens with one attached hydrogen (secondary N) is 1. The fourth-order valence-corrected chi connectivity index (χ4v) is 2.41. The van der Waals surface area contributed by atoms with E-state index in [9.17, 15) is 4.79 Å². The van der Waals surface area contributed by atoms with Crippen LogP contribution in [0, 0.1) is 0 Å². The Kier molecular flexibility index (Phi) is 4.74. The summed E-state index contributed by atoms with van der Waals surface area (Å²) < 4.78 is 5.60. The van der Waals surface area contributed by atoms with Crippen LogP contribution in [0.3, 0.4) is 0 Å². The number of hydrogen-bond acceptors (Lipinski definition) is 4. The number of aromatic nitrogens is 1. The summed E-state index contributed by atoms with van der Waals surface area (Å²) in [6, 6.07) is 3.61. The molecule has 0 bridgehead atoms. The maximum Gasteiger partial charge on any atom is 0.257 e. The highest BCUT2D eigenvalue weighted by molar-refractivity contribution is 5.98. The van der Waals surface area contributed by atoms with Gasteiger partial charge in [0.15, 0.2) is 0 Å². The van der Waals surface area contributed by atoms with Gasteiger partial charge in [0.1, 0.15) is 5.82 Å². The first-order valence-electron chi connectivity index (χ1n) is 6.80. The summed E-state index contributed by atoms with van der Waals surface area (Å²) in [7, 11) is 1.78. The van der Waals surface area contributed by atoms with E-state index >= 15 is 0 Å². The molecule has 0 spiro atoms. The molecule has 1 fully saturated rings. The fourth-order valence-electron chi connectivity index (χ4n) is 2.41. The average molecular weight is 263 g/mol. The number of hydrogen-bond donors (Lipinski definition) is 1. The van der Waals surface area contributed by atoms with Gasteiger partial charge < -0.3 is 15.0 Å². The number of likely N-dealkylation sites (tertiary alicyclic amines) is 1. The SMILES string of the molecule is CCOC1CCN(C(=O)c2cccnc2NC)CC1. The Morgan fingerprint density at radius 2 is 2.26 bits per heavy atom. The molecule has 0 saturated carbocycles. The van der Waals surface area contributed by atoms with Gasteiger partial charge in [-0.2, -0.15) is 0 Å². The molecule has 1 aliphatic heterocycles. The van der Waals surface area contributed by atoms with Crippen LogP contribution in [0.25, 0.3) is 0 Å². The molecule has 104 valence electrons. The lowest BCUT2D eigenvalue weighted by Gasteiger charge is -2.32. The van der Waals surface area contributed by atoms with Crippen molar-refractivity contribution in [3.05, 3.63) is 23.9 Å². The van der Waals surface area contributed by atoms with Crippen LogP contribution >= 0.6 is 0 Å². The smallest absolute Gasteiger partial charge is 0.257 e. The van der Waals surface area contributed by atoms with Crippen molar-refractivity contribution in [2.24, 2.45) is 0 Å². The van der Waals surface area contributed by atoms with Crippen LogP contribution in [0.15, 0.2) is 18.3 Å². The van der Waals surface area contributed by atoms with Gasteiger partial charge in [-0.25, -0.2) is 4.98 Å². The highest BCUT2D eigenvalue weighted by atomic mass is 16.5. The molecular formula is C14H21N3O2. The molecule has 0 aromatic carbocycles. The molecule has 19 heavy (non-hydrogen) atoms. The standard InChI is InChI=1S/C14H21N3O2/c1-3-19-11-6-9-17(10-7-11)14(18)12-5-4-8-16-13(12)15-2/h4-5,8,11H,3,6-7,9-10H2,1-2H3,(H,15,16). The third kappa shape index (κ3) is 3.23. The number of ether oxygens (including phenoxy) is 1. The zero-order valence-corrected chi connectivity index (χ0v) is 11.6. The Labute approximate surface area is 114 Å². The molecule has 1 aromatic heterocycles. The Morgan fingerprint density at radius 1 is 1.53 bits per heavy atom. The Hall–Kier alpha value is -1.62. The van der Waals surface area contributed by atoms with Gasteiger partial charge in [0.05, 0.1) is 11.7 Å². The summed E-state index contributed by atoms with van der Waals surface area (Å²) in [6.45, 7) is 4.25. The maximum atomic E-state index is 12.4. The zero-order valence-electron chi connectivity index (χ0n) is 11.6. The van der Waals surface area contributed by atoms with Crippen LogP contribution in [-0.2, 0) is 4.74 Å². The fraction of sp³-hybridized carbons (Fsp3) is 0.571. The molecule has 2 rings (SSSR count). The second kappa shape index (κ2) is 6.52. The number of nitrogens with zero attached hydrogens (tertiary/aromatic N) is 2. The van der Waals surface area contributed by atoms with Gasteiger partial charge in [0, 0.05) is 32.9 Å². The minimum Gasteiger partial charge on any atom is -0.378 e. The van der Waals surface area contributed by atoms with Crippen LogP contribution in [0.2, 0.25) is 0 Å². The van der Waals surface area contributed by atoms with Gasteiger partial charge in [-0.05, 0) is 31.9 Å². The topological polar surface area (TPSA) is 54.5 Å². The van der Waals surface area contributed by atoms with Crippen molar-refractivity contribution in [3.63, 3.8) is 0 Å². The number of pyridine rings is 1. The first-order chi connectivity index (χ1) is 9.26. The molecule has 5 heteroatoms. The number of rotatable bonds is 4. The van der Waals surface area contributed by atoms with E-state index in [0.717, 1.165) is 32.5 Å². The molecule has 5 nitrogen and oxygen atoms in total. The number of amides is 1. The van der Waals surface area contributed by atoms with E-state index in [0.29, 0.717) is 17.5 Å². The van der Waals surface area contributed by atoms with Gasteiger partial charge in [-0.1, -0.05) is 0 Å². The Bertz CT molecular complexity index is 428. The largest absolute Gasteiger partial charge is 0.378 e. The second-order valence-electron chi connectivity index (χ2n) is 4.60. The molecule has 1 aromatic rings. The van der Waals surface area contributed by atoms with Crippen LogP contribution in [0.1, 0.15) is 30.1 Å². The highest BCUT2D eigenvalue weighted by Gasteiger charge is 2.25. The van der Waals surface area contributed by atoms with Crippen molar-refractivity contribution < 1.29 is 9.53 Å². The minimum absolute atomic E-state index is 0.0485. The van der Waals surface area contributed by atoms with Gasteiger partial charge in [-0.15, -0.1) is 0 Å². The van der Waals surface area contributed by atoms with Gasteiger partial charge in [0.2, 0.25) is 0 Å². The van der Waals surface area contributed by atoms with E-state index in [2.05, 4.69) is 10.3 Å². The van der Waals surface area contributed by atoms with Crippen LogP contribution in [0.4, 0.5) is 5.82 Å². The second-order valence-corrected chi connectivity index (χ2v) is 4.60.